The molecule has 0 saturated heterocycles. The van der Waals surface area contributed by atoms with Gasteiger partial charge in [-0.15, -0.1) is 13.2 Å². The second kappa shape index (κ2) is 12.4. The van der Waals surface area contributed by atoms with E-state index in [1.807, 2.05) is 0 Å². The number of hydrogen-bond donors (Lipinski definition) is 1. The average molecular weight is 689 g/mol. The van der Waals surface area contributed by atoms with E-state index in [1.54, 1.807) is 6.07 Å². The minimum absolute atomic E-state index is 0.0881. The smallest absolute Gasteiger partial charge is 0.480 e. The lowest BCUT2D eigenvalue weighted by Crippen LogP contribution is -2.39. The second-order valence-electron chi connectivity index (χ2n) is 9.20. The number of nitriles is 1. The summed E-state index contributed by atoms with van der Waals surface area (Å²) in [4.78, 5) is 14.4. The van der Waals surface area contributed by atoms with E-state index in [-0.39, 0.29) is 20.6 Å². The Kier molecular flexibility index (Phi) is 9.08. The third-order valence-corrected chi connectivity index (χ3v) is 9.60. The van der Waals surface area contributed by atoms with Gasteiger partial charge in [0.05, 0.1) is 33.3 Å². The Morgan fingerprint density at radius 1 is 0.826 bits per heavy atom. The van der Waals surface area contributed by atoms with Crippen molar-refractivity contribution < 1.29 is 57.8 Å². The molecule has 19 heteroatoms. The Labute approximate surface area is 256 Å². The Bertz CT molecular complexity index is 2030. The number of pyridine rings is 1. The molecule has 0 atom stereocenters. The van der Waals surface area contributed by atoms with Gasteiger partial charge in [-0.05, 0) is 48.5 Å². The number of hydrogen-bond acceptors (Lipinski definition) is 8. The first-order chi connectivity index (χ1) is 21.3. The molecule has 11 nitrogen and oxygen atoms in total. The van der Waals surface area contributed by atoms with Crippen LogP contribution in [0.4, 0.5) is 37.8 Å². The molecule has 46 heavy (non-hydrogen) atoms. The number of alkyl halides is 6. The fourth-order valence-electron chi connectivity index (χ4n) is 4.19. The number of carboxylic acid groups (broad SMARTS) is 1. The third kappa shape index (κ3) is 7.40. The van der Waals surface area contributed by atoms with E-state index in [1.165, 1.54) is 18.2 Å². The van der Waals surface area contributed by atoms with Crippen molar-refractivity contribution >= 4 is 48.3 Å². The molecule has 0 radical (unpaired) electrons. The lowest BCUT2D eigenvalue weighted by molar-refractivity contribution is -0.274. The first-order valence-corrected chi connectivity index (χ1v) is 15.3. The molecule has 1 N–H and O–H groups in total. The van der Waals surface area contributed by atoms with E-state index >= 15 is 0 Å². The van der Waals surface area contributed by atoms with Gasteiger partial charge in [0.1, 0.15) is 18.8 Å². The molecule has 4 aromatic rings. The summed E-state index contributed by atoms with van der Waals surface area (Å²) in [6, 6.07) is 13.4. The zero-order valence-corrected chi connectivity index (χ0v) is 24.3. The molecular weight excluding hydrogens is 670 g/mol. The van der Waals surface area contributed by atoms with Crippen LogP contribution in [0.3, 0.4) is 0 Å². The third-order valence-electron chi connectivity index (χ3n) is 6.08. The molecule has 0 fully saturated rings. The number of fused-ring (bicyclic) bond motifs is 1. The number of benzene rings is 3. The zero-order valence-electron chi connectivity index (χ0n) is 22.7. The summed E-state index contributed by atoms with van der Waals surface area (Å²) < 4.78 is 137. The lowest BCUT2D eigenvalue weighted by atomic mass is 10.1. The van der Waals surface area contributed by atoms with Crippen LogP contribution in [-0.4, -0.2) is 58.5 Å². The van der Waals surface area contributed by atoms with Crippen molar-refractivity contribution in [2.75, 3.05) is 21.7 Å². The number of nitrogens with zero attached hydrogens (tertiary/aromatic N) is 4. The number of anilines is 2. The monoisotopic (exact) mass is 688 g/mol. The Hall–Kier alpha value is -5.09. The highest BCUT2D eigenvalue weighted by Crippen LogP contribution is 2.38. The fourth-order valence-corrected chi connectivity index (χ4v) is 7.03. The van der Waals surface area contributed by atoms with Crippen molar-refractivity contribution in [3.8, 4) is 11.8 Å². The number of aliphatic carboxylic acids is 1. The normalized spacial score (nSPS) is 12.4. The van der Waals surface area contributed by atoms with Crippen LogP contribution in [0.1, 0.15) is 5.56 Å². The standard InChI is InChI=1S/C27H18F6N4O7S2/c28-26(29,30)16-37(46(42,43)20-11-7-18(8-12-20)44-27(31,32)33)23-14-35-25(22-4-2-1-3-21(22)23)36(15-24(38)39)45(40,41)19-9-5-17(13-34)6-10-19/h1-12,14H,15-16H2,(H,38,39). The second-order valence-corrected chi connectivity index (χ2v) is 12.9. The topological polar surface area (TPSA) is 158 Å². The van der Waals surface area contributed by atoms with Crippen molar-refractivity contribution in [1.29, 1.82) is 5.26 Å². The molecule has 0 unspecified atom stereocenters. The summed E-state index contributed by atoms with van der Waals surface area (Å²) in [5, 5.41) is 18.0. The van der Waals surface area contributed by atoms with Crippen LogP contribution >= 0.6 is 0 Å². The van der Waals surface area contributed by atoms with Crippen molar-refractivity contribution in [2.45, 2.75) is 22.3 Å². The van der Waals surface area contributed by atoms with Gasteiger partial charge in [0.25, 0.3) is 20.0 Å². The number of halogens is 6. The molecule has 0 spiro atoms. The van der Waals surface area contributed by atoms with Crippen molar-refractivity contribution in [1.82, 2.24) is 4.98 Å². The predicted molar refractivity (Wildman–Crippen MR) is 149 cm³/mol. The number of ether oxygens (including phenoxy) is 1. The van der Waals surface area contributed by atoms with E-state index in [9.17, 15) is 53.1 Å². The molecule has 0 saturated carbocycles. The van der Waals surface area contributed by atoms with Gasteiger partial charge in [-0.25, -0.2) is 26.1 Å². The molecular formula is C27H18F6N4O7S2. The number of rotatable bonds is 10. The maximum absolute atomic E-state index is 13.8. The first kappa shape index (κ1) is 33.8. The molecule has 4 rings (SSSR count). The van der Waals surface area contributed by atoms with Crippen LogP contribution in [0.25, 0.3) is 10.8 Å². The van der Waals surface area contributed by atoms with Crippen molar-refractivity contribution in [3.05, 3.63) is 84.6 Å². The minimum Gasteiger partial charge on any atom is -0.480 e. The van der Waals surface area contributed by atoms with E-state index in [4.69, 9.17) is 5.26 Å². The van der Waals surface area contributed by atoms with Gasteiger partial charge in [-0.2, -0.15) is 18.4 Å². The minimum atomic E-state index is -5.19. The molecule has 0 aliphatic heterocycles. The quantitative estimate of drug-likeness (QED) is 0.225. The van der Waals surface area contributed by atoms with Gasteiger partial charge in [0.15, 0.2) is 5.82 Å². The summed E-state index contributed by atoms with van der Waals surface area (Å²) in [6.07, 6.45) is -9.69. The highest BCUT2D eigenvalue weighted by atomic mass is 32.2. The van der Waals surface area contributed by atoms with Crippen molar-refractivity contribution in [2.24, 2.45) is 0 Å². The largest absolute Gasteiger partial charge is 0.573 e. The average Bonchev–Trinajstić information content (AvgIpc) is 2.97. The lowest BCUT2D eigenvalue weighted by Gasteiger charge is -2.28. The molecule has 1 heterocycles. The van der Waals surface area contributed by atoms with Gasteiger partial charge >= 0.3 is 18.5 Å². The Morgan fingerprint density at radius 3 is 1.85 bits per heavy atom. The van der Waals surface area contributed by atoms with E-state index < -0.39 is 78.7 Å². The van der Waals surface area contributed by atoms with Crippen LogP contribution in [-0.2, 0) is 24.8 Å². The summed E-state index contributed by atoms with van der Waals surface area (Å²) in [5.74, 6) is -3.07. The predicted octanol–water partition coefficient (Wildman–Crippen LogP) is 5.04. The van der Waals surface area contributed by atoms with Crippen LogP contribution < -0.4 is 13.3 Å². The molecule has 0 bridgehead atoms. The van der Waals surface area contributed by atoms with E-state index in [0.29, 0.717) is 34.8 Å². The molecule has 0 aliphatic rings. The molecule has 1 aromatic heterocycles. The SMILES string of the molecule is N#Cc1ccc(S(=O)(=O)N(CC(=O)O)c2ncc(N(CC(F)(F)F)S(=O)(=O)c3ccc(OC(F)(F)F)cc3)c3ccccc23)cc1. The number of carboxylic acids is 1. The number of carbonyl (C=O) groups is 1. The molecule has 3 aromatic carbocycles. The first-order valence-electron chi connectivity index (χ1n) is 12.4. The van der Waals surface area contributed by atoms with Gasteiger partial charge in [-0.3, -0.25) is 9.10 Å². The van der Waals surface area contributed by atoms with Crippen molar-refractivity contribution in [3.63, 3.8) is 0 Å². The van der Waals surface area contributed by atoms with E-state index in [2.05, 4.69) is 9.72 Å². The highest BCUT2D eigenvalue weighted by molar-refractivity contribution is 7.93. The fraction of sp³-hybridized carbons (Fsp3) is 0.148. The maximum Gasteiger partial charge on any atom is 0.573 e. The molecule has 242 valence electrons. The summed E-state index contributed by atoms with van der Waals surface area (Å²) in [6.45, 7) is -3.35. The van der Waals surface area contributed by atoms with Crippen LogP contribution in [0.15, 0.2) is 88.8 Å². The van der Waals surface area contributed by atoms with Crippen LogP contribution in [0, 0.1) is 11.3 Å². The van der Waals surface area contributed by atoms with Gasteiger partial charge in [-0.1, -0.05) is 24.3 Å². The van der Waals surface area contributed by atoms with Crippen LogP contribution in [0.2, 0.25) is 0 Å². The van der Waals surface area contributed by atoms with Crippen LogP contribution in [0.5, 0.6) is 5.75 Å². The highest BCUT2D eigenvalue weighted by Gasteiger charge is 2.39. The molecule has 0 amide bonds. The zero-order chi connectivity index (χ0) is 34.1. The molecule has 0 aliphatic carbocycles. The van der Waals surface area contributed by atoms with Gasteiger partial charge in [0.2, 0.25) is 0 Å². The summed E-state index contributed by atoms with van der Waals surface area (Å²) in [7, 11) is -9.92. The van der Waals surface area contributed by atoms with Gasteiger partial charge in [0, 0.05) is 10.8 Å². The number of sulfonamides is 2. The summed E-state index contributed by atoms with van der Waals surface area (Å²) in [5.41, 5.74) is -0.622. The number of aromatic nitrogens is 1. The van der Waals surface area contributed by atoms with Gasteiger partial charge < -0.3 is 9.84 Å². The Balaban J connectivity index is 1.90. The Morgan fingerprint density at radius 2 is 1.35 bits per heavy atom. The van der Waals surface area contributed by atoms with E-state index in [0.717, 1.165) is 30.3 Å². The summed E-state index contributed by atoms with van der Waals surface area (Å²) >= 11 is 0. The maximum atomic E-state index is 13.8.